The second-order valence-corrected chi connectivity index (χ2v) is 7.69. The van der Waals surface area contributed by atoms with Gasteiger partial charge >= 0.3 is 0 Å². The van der Waals surface area contributed by atoms with Crippen molar-refractivity contribution in [3.63, 3.8) is 0 Å². The van der Waals surface area contributed by atoms with Gasteiger partial charge in [0.05, 0.1) is 5.69 Å². The summed E-state index contributed by atoms with van der Waals surface area (Å²) in [5, 5.41) is 3.30. The summed E-state index contributed by atoms with van der Waals surface area (Å²) in [6.45, 7) is 4.32. The highest BCUT2D eigenvalue weighted by atomic mass is 16.2. The molecule has 2 aromatic heterocycles. The van der Waals surface area contributed by atoms with E-state index in [1.807, 2.05) is 28.8 Å². The van der Waals surface area contributed by atoms with Crippen molar-refractivity contribution < 1.29 is 4.79 Å². The summed E-state index contributed by atoms with van der Waals surface area (Å²) in [6.07, 6.45) is 9.20. The van der Waals surface area contributed by atoms with Crippen LogP contribution in [0.5, 0.6) is 0 Å². The molecular weight excluding hydrogens is 298 g/mol. The van der Waals surface area contributed by atoms with Crippen LogP contribution in [0.2, 0.25) is 0 Å². The van der Waals surface area contributed by atoms with E-state index in [-0.39, 0.29) is 11.9 Å². The minimum absolute atomic E-state index is 0.0347. The lowest BCUT2D eigenvalue weighted by Crippen LogP contribution is -2.40. The lowest BCUT2D eigenvalue weighted by molar-refractivity contribution is 0.0908. The normalized spacial score (nSPS) is 26.8. The third-order valence-corrected chi connectivity index (χ3v) is 6.10. The predicted octanol–water partition coefficient (Wildman–Crippen LogP) is 3.84. The van der Waals surface area contributed by atoms with Crippen molar-refractivity contribution in [2.45, 2.75) is 58.4 Å². The molecule has 2 bridgehead atoms. The van der Waals surface area contributed by atoms with Crippen molar-refractivity contribution in [3.8, 4) is 0 Å². The Bertz CT molecular complexity index is 750. The zero-order chi connectivity index (χ0) is 16.7. The number of fused-ring (bicyclic) bond motifs is 3. The van der Waals surface area contributed by atoms with Crippen LogP contribution in [-0.2, 0) is 6.42 Å². The zero-order valence-electron chi connectivity index (χ0n) is 14.7. The molecule has 2 aliphatic rings. The van der Waals surface area contributed by atoms with Crippen molar-refractivity contribution in [2.75, 3.05) is 0 Å². The minimum atomic E-state index is 0.0347. The van der Waals surface area contributed by atoms with Crippen LogP contribution in [0.25, 0.3) is 5.65 Å². The molecule has 0 radical (unpaired) electrons. The topological polar surface area (TPSA) is 46.4 Å². The summed E-state index contributed by atoms with van der Waals surface area (Å²) in [6, 6.07) is 6.14. The predicted molar refractivity (Wildman–Crippen MR) is 95.1 cm³/mol. The highest BCUT2D eigenvalue weighted by Crippen LogP contribution is 2.49. The first-order valence-electron chi connectivity index (χ1n) is 9.44. The molecule has 0 aromatic carbocycles. The van der Waals surface area contributed by atoms with E-state index in [4.69, 9.17) is 0 Å². The van der Waals surface area contributed by atoms with Crippen LogP contribution >= 0.6 is 0 Å². The molecule has 128 valence electrons. The maximum Gasteiger partial charge on any atom is 0.270 e. The maximum absolute atomic E-state index is 13.0. The SMILES string of the molecule is CCCc1nc2ccccn2c1C(=O)NC(C)C1CC2CCC1C2. The van der Waals surface area contributed by atoms with Gasteiger partial charge in [-0.25, -0.2) is 4.98 Å². The van der Waals surface area contributed by atoms with Crippen LogP contribution < -0.4 is 5.32 Å². The molecule has 0 spiro atoms. The molecule has 2 saturated carbocycles. The largest absolute Gasteiger partial charge is 0.348 e. The first-order valence-corrected chi connectivity index (χ1v) is 9.44. The lowest BCUT2D eigenvalue weighted by atomic mass is 9.84. The third-order valence-electron chi connectivity index (χ3n) is 6.10. The van der Waals surface area contributed by atoms with Crippen LogP contribution in [0.1, 0.15) is 62.1 Å². The zero-order valence-corrected chi connectivity index (χ0v) is 14.7. The number of imidazole rings is 1. The molecule has 1 amide bonds. The Morgan fingerprint density at radius 1 is 1.38 bits per heavy atom. The Morgan fingerprint density at radius 3 is 2.96 bits per heavy atom. The molecule has 1 N–H and O–H groups in total. The van der Waals surface area contributed by atoms with Crippen LogP contribution in [0.3, 0.4) is 0 Å². The van der Waals surface area contributed by atoms with E-state index in [0.29, 0.717) is 5.92 Å². The van der Waals surface area contributed by atoms with E-state index in [9.17, 15) is 4.79 Å². The molecule has 24 heavy (non-hydrogen) atoms. The van der Waals surface area contributed by atoms with Gasteiger partial charge in [-0.3, -0.25) is 9.20 Å². The first kappa shape index (κ1) is 15.7. The molecule has 2 aromatic rings. The van der Waals surface area contributed by atoms with Crippen LogP contribution in [-0.4, -0.2) is 21.3 Å². The first-order chi connectivity index (χ1) is 11.7. The monoisotopic (exact) mass is 325 g/mol. The van der Waals surface area contributed by atoms with Gasteiger partial charge in [0.1, 0.15) is 11.3 Å². The van der Waals surface area contributed by atoms with Gasteiger partial charge in [0.2, 0.25) is 0 Å². The van der Waals surface area contributed by atoms with Gasteiger partial charge in [0.25, 0.3) is 5.91 Å². The Balaban J connectivity index is 1.57. The standard InChI is InChI=1S/C20H27N3O/c1-3-6-17-19(23-10-5-4-7-18(23)22-17)20(24)21-13(2)16-12-14-8-9-15(16)11-14/h4-5,7,10,13-16H,3,6,8-9,11-12H2,1-2H3,(H,21,24). The van der Waals surface area contributed by atoms with Crippen molar-refractivity contribution in [3.05, 3.63) is 35.8 Å². The molecule has 2 fully saturated rings. The lowest BCUT2D eigenvalue weighted by Gasteiger charge is -2.28. The number of rotatable bonds is 5. The van der Waals surface area contributed by atoms with Crippen LogP contribution in [0, 0.1) is 17.8 Å². The van der Waals surface area contributed by atoms with Gasteiger partial charge in [0.15, 0.2) is 0 Å². The van der Waals surface area contributed by atoms with Gasteiger partial charge in [-0.05, 0) is 62.5 Å². The number of hydrogen-bond donors (Lipinski definition) is 1. The summed E-state index contributed by atoms with van der Waals surface area (Å²) in [4.78, 5) is 17.7. The van der Waals surface area contributed by atoms with E-state index in [1.54, 1.807) is 0 Å². The molecule has 2 heterocycles. The van der Waals surface area contributed by atoms with Crippen LogP contribution in [0.15, 0.2) is 24.4 Å². The number of hydrogen-bond acceptors (Lipinski definition) is 2. The Labute approximate surface area is 143 Å². The number of carbonyl (C=O) groups excluding carboxylic acids is 1. The van der Waals surface area contributed by atoms with Gasteiger partial charge in [-0.15, -0.1) is 0 Å². The van der Waals surface area contributed by atoms with Gasteiger partial charge < -0.3 is 5.32 Å². The number of pyridine rings is 1. The molecule has 2 aliphatic carbocycles. The highest BCUT2D eigenvalue weighted by molar-refractivity contribution is 5.95. The number of nitrogens with one attached hydrogen (secondary N) is 1. The minimum Gasteiger partial charge on any atom is -0.348 e. The second kappa shape index (κ2) is 6.23. The smallest absolute Gasteiger partial charge is 0.270 e. The summed E-state index contributed by atoms with van der Waals surface area (Å²) in [5.41, 5.74) is 2.50. The van der Waals surface area contributed by atoms with Gasteiger partial charge in [-0.1, -0.05) is 25.8 Å². The Hall–Kier alpha value is -1.84. The molecule has 4 unspecified atom stereocenters. The Kier molecular flexibility index (Phi) is 4.07. The molecule has 4 heteroatoms. The molecular formula is C20H27N3O. The van der Waals surface area contributed by atoms with E-state index in [1.165, 1.54) is 25.7 Å². The summed E-state index contributed by atoms with van der Waals surface area (Å²) >= 11 is 0. The van der Waals surface area contributed by atoms with E-state index in [2.05, 4.69) is 24.1 Å². The van der Waals surface area contributed by atoms with E-state index < -0.39 is 0 Å². The Morgan fingerprint density at radius 2 is 2.25 bits per heavy atom. The van der Waals surface area contributed by atoms with Crippen molar-refractivity contribution in [1.82, 2.24) is 14.7 Å². The van der Waals surface area contributed by atoms with Crippen molar-refractivity contribution in [2.24, 2.45) is 17.8 Å². The second-order valence-electron chi connectivity index (χ2n) is 7.69. The van der Waals surface area contributed by atoms with Gasteiger partial charge in [0, 0.05) is 12.2 Å². The molecule has 4 nitrogen and oxygen atoms in total. The number of aromatic nitrogens is 2. The fourth-order valence-electron chi connectivity index (χ4n) is 4.98. The molecule has 0 aliphatic heterocycles. The highest BCUT2D eigenvalue weighted by Gasteiger charge is 2.42. The fraction of sp³-hybridized carbons (Fsp3) is 0.600. The molecule has 4 rings (SSSR count). The maximum atomic E-state index is 13.0. The molecule has 4 atom stereocenters. The van der Waals surface area contributed by atoms with Gasteiger partial charge in [-0.2, -0.15) is 0 Å². The number of amides is 1. The van der Waals surface area contributed by atoms with E-state index >= 15 is 0 Å². The van der Waals surface area contributed by atoms with Crippen molar-refractivity contribution in [1.29, 1.82) is 0 Å². The number of carbonyl (C=O) groups is 1. The fourth-order valence-corrected chi connectivity index (χ4v) is 4.98. The summed E-state index contributed by atoms with van der Waals surface area (Å²) < 4.78 is 1.94. The van der Waals surface area contributed by atoms with Crippen molar-refractivity contribution >= 4 is 11.6 Å². The average Bonchev–Trinajstić information content (AvgIpc) is 3.28. The number of nitrogens with zero attached hydrogens (tertiary/aromatic N) is 2. The average molecular weight is 325 g/mol. The number of aryl methyl sites for hydroxylation is 1. The molecule has 0 saturated heterocycles. The third kappa shape index (κ3) is 2.62. The quantitative estimate of drug-likeness (QED) is 0.908. The summed E-state index contributed by atoms with van der Waals surface area (Å²) in [7, 11) is 0. The van der Waals surface area contributed by atoms with E-state index in [0.717, 1.165) is 41.7 Å². The van der Waals surface area contributed by atoms with Crippen LogP contribution in [0.4, 0.5) is 0 Å². The summed E-state index contributed by atoms with van der Waals surface area (Å²) in [5.74, 6) is 2.42.